The van der Waals surface area contributed by atoms with Crippen LogP contribution in [0.15, 0.2) is 67.1 Å². The first-order chi connectivity index (χ1) is 10.6. The summed E-state index contributed by atoms with van der Waals surface area (Å²) < 4.78 is 0. The first kappa shape index (κ1) is 15.0. The van der Waals surface area contributed by atoms with Gasteiger partial charge in [-0.1, -0.05) is 47.5 Å². The minimum Gasteiger partial charge on any atom is -0.374 e. The van der Waals surface area contributed by atoms with Crippen LogP contribution in [0.4, 0.5) is 0 Å². The van der Waals surface area contributed by atoms with Crippen molar-refractivity contribution in [3.05, 3.63) is 94.0 Å². The molecule has 1 N–H and O–H groups in total. The van der Waals surface area contributed by atoms with Gasteiger partial charge in [-0.3, -0.25) is 9.97 Å². The number of benzene rings is 2. The Bertz CT molecular complexity index is 713. The largest absolute Gasteiger partial charge is 0.374 e. The summed E-state index contributed by atoms with van der Waals surface area (Å²) in [6.45, 7) is 0. The van der Waals surface area contributed by atoms with Crippen LogP contribution in [0.5, 0.6) is 0 Å². The summed E-state index contributed by atoms with van der Waals surface area (Å²) in [6, 6.07) is 14.0. The van der Waals surface area contributed by atoms with Crippen molar-refractivity contribution in [3.8, 4) is 0 Å². The molecule has 22 heavy (non-hydrogen) atoms. The van der Waals surface area contributed by atoms with E-state index in [1.165, 1.54) is 0 Å². The van der Waals surface area contributed by atoms with E-state index in [4.69, 9.17) is 23.2 Å². The van der Waals surface area contributed by atoms with Crippen molar-refractivity contribution < 1.29 is 5.11 Å². The van der Waals surface area contributed by atoms with Crippen molar-refractivity contribution in [1.29, 1.82) is 0 Å². The smallest absolute Gasteiger partial charge is 0.158 e. The molecule has 0 spiro atoms. The molecule has 0 saturated carbocycles. The average Bonchev–Trinajstić information content (AvgIpc) is 2.56. The number of hydrogen-bond acceptors (Lipinski definition) is 3. The summed E-state index contributed by atoms with van der Waals surface area (Å²) in [7, 11) is 0. The third-order valence-electron chi connectivity index (χ3n) is 3.46. The highest BCUT2D eigenvalue weighted by Crippen LogP contribution is 2.36. The lowest BCUT2D eigenvalue weighted by molar-refractivity contribution is 0.120. The van der Waals surface area contributed by atoms with E-state index in [0.29, 0.717) is 26.9 Å². The minimum atomic E-state index is -1.43. The molecular formula is C17H12Cl2N2O. The molecule has 1 aromatic heterocycles. The van der Waals surface area contributed by atoms with Crippen molar-refractivity contribution in [2.45, 2.75) is 5.60 Å². The number of nitrogens with zero attached hydrogens (tertiary/aromatic N) is 2. The van der Waals surface area contributed by atoms with Gasteiger partial charge in [0.15, 0.2) is 5.60 Å². The standard InChI is InChI=1S/C17H12Cl2N2O/c18-14-5-1-12(2-6-14)17(22,16-11-20-9-10-21-16)13-3-7-15(19)8-4-13/h1-11,22H. The zero-order valence-corrected chi connectivity index (χ0v) is 13.0. The van der Waals surface area contributed by atoms with Gasteiger partial charge in [-0.05, 0) is 35.4 Å². The fourth-order valence-corrected chi connectivity index (χ4v) is 2.58. The van der Waals surface area contributed by atoms with E-state index in [-0.39, 0.29) is 0 Å². The number of rotatable bonds is 3. The SMILES string of the molecule is OC(c1ccc(Cl)cc1)(c1ccc(Cl)cc1)c1cnccn1. The van der Waals surface area contributed by atoms with Crippen molar-refractivity contribution in [2.75, 3.05) is 0 Å². The molecule has 0 radical (unpaired) electrons. The monoisotopic (exact) mass is 330 g/mol. The topological polar surface area (TPSA) is 46.0 Å². The van der Waals surface area contributed by atoms with Gasteiger partial charge in [-0.15, -0.1) is 0 Å². The lowest BCUT2D eigenvalue weighted by Gasteiger charge is -2.28. The van der Waals surface area contributed by atoms with E-state index in [1.807, 2.05) is 0 Å². The van der Waals surface area contributed by atoms with Crippen molar-refractivity contribution in [1.82, 2.24) is 9.97 Å². The molecule has 0 unspecified atom stereocenters. The fourth-order valence-electron chi connectivity index (χ4n) is 2.33. The van der Waals surface area contributed by atoms with Gasteiger partial charge in [0.25, 0.3) is 0 Å². The Morgan fingerprint density at radius 3 is 1.68 bits per heavy atom. The molecule has 0 atom stereocenters. The normalized spacial score (nSPS) is 11.4. The lowest BCUT2D eigenvalue weighted by atomic mass is 9.84. The Hall–Kier alpha value is -1.94. The molecular weight excluding hydrogens is 319 g/mol. The summed E-state index contributed by atoms with van der Waals surface area (Å²) in [5, 5.41) is 12.6. The Morgan fingerprint density at radius 1 is 0.773 bits per heavy atom. The summed E-state index contributed by atoms with van der Waals surface area (Å²) >= 11 is 11.9. The summed E-state index contributed by atoms with van der Waals surface area (Å²) in [5.74, 6) is 0. The predicted octanol–water partition coefficient (Wildman–Crippen LogP) is 4.07. The van der Waals surface area contributed by atoms with Gasteiger partial charge in [0.2, 0.25) is 0 Å². The van der Waals surface area contributed by atoms with E-state index in [1.54, 1.807) is 67.1 Å². The fraction of sp³-hybridized carbons (Fsp3) is 0.0588. The zero-order valence-electron chi connectivity index (χ0n) is 11.4. The second kappa shape index (κ2) is 6.05. The molecule has 0 aliphatic carbocycles. The average molecular weight is 331 g/mol. The number of halogens is 2. The molecule has 3 rings (SSSR count). The van der Waals surface area contributed by atoms with Gasteiger partial charge in [-0.2, -0.15) is 0 Å². The van der Waals surface area contributed by atoms with Crippen molar-refractivity contribution in [2.24, 2.45) is 0 Å². The molecule has 3 aromatic rings. The van der Waals surface area contributed by atoms with Crippen LogP contribution < -0.4 is 0 Å². The summed E-state index contributed by atoms with van der Waals surface area (Å²) in [4.78, 5) is 8.33. The van der Waals surface area contributed by atoms with E-state index >= 15 is 0 Å². The van der Waals surface area contributed by atoms with Crippen molar-refractivity contribution >= 4 is 23.2 Å². The summed E-state index contributed by atoms with van der Waals surface area (Å²) in [6.07, 6.45) is 4.66. The second-order valence-corrected chi connectivity index (χ2v) is 5.69. The first-order valence-corrected chi connectivity index (χ1v) is 7.37. The Kier molecular flexibility index (Phi) is 4.12. The highest BCUT2D eigenvalue weighted by Gasteiger charge is 2.35. The lowest BCUT2D eigenvalue weighted by Crippen LogP contribution is -2.30. The highest BCUT2D eigenvalue weighted by molar-refractivity contribution is 6.30. The Morgan fingerprint density at radius 2 is 1.27 bits per heavy atom. The van der Waals surface area contributed by atoms with E-state index in [0.717, 1.165) is 0 Å². The molecule has 0 bridgehead atoms. The molecule has 0 saturated heterocycles. The van der Waals surface area contributed by atoms with Crippen molar-refractivity contribution in [3.63, 3.8) is 0 Å². The molecule has 0 fully saturated rings. The van der Waals surface area contributed by atoms with Crippen LogP contribution in [0.25, 0.3) is 0 Å². The predicted molar refractivity (Wildman–Crippen MR) is 87.0 cm³/mol. The molecule has 3 nitrogen and oxygen atoms in total. The van der Waals surface area contributed by atoms with Gasteiger partial charge in [0, 0.05) is 22.4 Å². The Balaban J connectivity index is 2.22. The minimum absolute atomic E-state index is 0.430. The molecule has 1 heterocycles. The van der Waals surface area contributed by atoms with Gasteiger partial charge < -0.3 is 5.11 Å². The third-order valence-corrected chi connectivity index (χ3v) is 3.96. The molecule has 0 aliphatic rings. The summed E-state index contributed by atoms with van der Waals surface area (Å²) in [5.41, 5.74) is 0.308. The number of hydrogen-bond donors (Lipinski definition) is 1. The molecule has 0 aliphatic heterocycles. The molecule has 110 valence electrons. The molecule has 2 aromatic carbocycles. The van der Waals surface area contributed by atoms with Gasteiger partial charge in [0.05, 0.1) is 11.9 Å². The van der Waals surface area contributed by atoms with Crippen LogP contribution in [0.3, 0.4) is 0 Å². The zero-order chi connectivity index (χ0) is 15.6. The van der Waals surface area contributed by atoms with Gasteiger partial charge in [-0.25, -0.2) is 0 Å². The maximum absolute atomic E-state index is 11.4. The van der Waals surface area contributed by atoms with Gasteiger partial charge >= 0.3 is 0 Å². The van der Waals surface area contributed by atoms with Crippen LogP contribution in [0.2, 0.25) is 10.0 Å². The highest BCUT2D eigenvalue weighted by atomic mass is 35.5. The second-order valence-electron chi connectivity index (χ2n) is 4.81. The van der Waals surface area contributed by atoms with E-state index in [9.17, 15) is 5.11 Å². The quantitative estimate of drug-likeness (QED) is 0.787. The molecule has 0 amide bonds. The number of aromatic nitrogens is 2. The third kappa shape index (κ3) is 2.71. The van der Waals surface area contributed by atoms with Crippen LogP contribution in [-0.4, -0.2) is 15.1 Å². The van der Waals surface area contributed by atoms with Crippen LogP contribution >= 0.6 is 23.2 Å². The van der Waals surface area contributed by atoms with E-state index in [2.05, 4.69) is 9.97 Å². The van der Waals surface area contributed by atoms with Crippen LogP contribution in [-0.2, 0) is 5.60 Å². The molecule has 5 heteroatoms. The van der Waals surface area contributed by atoms with Gasteiger partial charge in [0.1, 0.15) is 0 Å². The van der Waals surface area contributed by atoms with Crippen LogP contribution in [0.1, 0.15) is 16.8 Å². The maximum Gasteiger partial charge on any atom is 0.158 e. The number of aliphatic hydroxyl groups is 1. The maximum atomic E-state index is 11.4. The van der Waals surface area contributed by atoms with Crippen LogP contribution in [0, 0.1) is 0 Å². The first-order valence-electron chi connectivity index (χ1n) is 6.61. The van der Waals surface area contributed by atoms with E-state index < -0.39 is 5.60 Å². The Labute approximate surface area is 138 Å².